The van der Waals surface area contributed by atoms with Crippen molar-refractivity contribution in [3.63, 3.8) is 0 Å². The van der Waals surface area contributed by atoms with Crippen molar-refractivity contribution < 1.29 is 13.2 Å². The van der Waals surface area contributed by atoms with Crippen LogP contribution < -0.4 is 16.0 Å². The van der Waals surface area contributed by atoms with E-state index >= 15 is 0 Å². The van der Waals surface area contributed by atoms with Gasteiger partial charge >= 0.3 is 0 Å². The third kappa shape index (κ3) is 3.21. The van der Waals surface area contributed by atoms with Gasteiger partial charge < -0.3 is 10.2 Å². The summed E-state index contributed by atoms with van der Waals surface area (Å²) in [6.45, 7) is 3.83. The predicted octanol–water partition coefficient (Wildman–Crippen LogP) is 1.44. The number of aryl methyl sites for hydroxylation is 2. The number of hydrogen-bond donors (Lipinski definition) is 3. The number of benzene rings is 1. The lowest BCUT2D eigenvalue weighted by Crippen LogP contribution is -2.49. The molecule has 0 saturated heterocycles. The van der Waals surface area contributed by atoms with E-state index in [-0.39, 0.29) is 5.60 Å². The predicted molar refractivity (Wildman–Crippen MR) is 82.5 cm³/mol. The number of rotatable bonds is 6. The third-order valence-corrected chi connectivity index (χ3v) is 5.88. The molecule has 1 aliphatic rings. The van der Waals surface area contributed by atoms with Crippen LogP contribution in [0.15, 0.2) is 17.0 Å². The average Bonchev–Trinajstić information content (AvgIpc) is 2.36. The van der Waals surface area contributed by atoms with Crippen LogP contribution in [0.5, 0.6) is 0 Å². The molecule has 0 spiro atoms. The number of hydrogen-bond acceptors (Lipinski definition) is 5. The molecule has 0 atom stereocenters. The van der Waals surface area contributed by atoms with Crippen molar-refractivity contribution in [2.45, 2.75) is 43.6 Å². The van der Waals surface area contributed by atoms with Gasteiger partial charge in [0.25, 0.3) is 0 Å². The lowest BCUT2D eigenvalue weighted by molar-refractivity contribution is -0.0659. The second-order valence-corrected chi connectivity index (χ2v) is 7.35. The molecule has 1 aromatic rings. The third-order valence-electron chi connectivity index (χ3n) is 4.18. The molecule has 0 heterocycles. The van der Waals surface area contributed by atoms with Gasteiger partial charge in [0.1, 0.15) is 0 Å². The fraction of sp³-hybridized carbons (Fsp3) is 0.571. The first-order valence-corrected chi connectivity index (χ1v) is 8.44. The standard InChI is InChI=1S/C14H23N3O3S/c1-10-7-12(17-15)8-11(2)13(10)21(18,19)16-9-14(20-3)5-4-6-14/h7-8,16-17H,4-6,9,15H2,1-3H3. The van der Waals surface area contributed by atoms with Crippen LogP contribution in [0.4, 0.5) is 5.69 Å². The molecule has 2 rings (SSSR count). The Morgan fingerprint density at radius 2 is 1.86 bits per heavy atom. The minimum atomic E-state index is -3.56. The molecule has 21 heavy (non-hydrogen) atoms. The number of nitrogens with two attached hydrogens (primary N) is 1. The van der Waals surface area contributed by atoms with E-state index in [1.165, 1.54) is 0 Å². The average molecular weight is 313 g/mol. The zero-order valence-corrected chi connectivity index (χ0v) is 13.5. The van der Waals surface area contributed by atoms with E-state index in [0.29, 0.717) is 28.3 Å². The number of nitrogen functional groups attached to an aromatic ring is 1. The fourth-order valence-electron chi connectivity index (χ4n) is 2.78. The van der Waals surface area contributed by atoms with Crippen molar-refractivity contribution in [2.24, 2.45) is 5.84 Å². The van der Waals surface area contributed by atoms with Gasteiger partial charge in [-0.15, -0.1) is 0 Å². The zero-order chi connectivity index (χ0) is 15.7. The highest BCUT2D eigenvalue weighted by Crippen LogP contribution is 2.35. The van der Waals surface area contributed by atoms with Crippen LogP contribution in [-0.2, 0) is 14.8 Å². The largest absolute Gasteiger partial charge is 0.377 e. The molecule has 1 saturated carbocycles. The van der Waals surface area contributed by atoms with Gasteiger partial charge in [-0.25, -0.2) is 13.1 Å². The number of methoxy groups -OCH3 is 1. The van der Waals surface area contributed by atoms with Gasteiger partial charge in [-0.2, -0.15) is 0 Å². The van der Waals surface area contributed by atoms with Gasteiger partial charge in [-0.05, 0) is 56.4 Å². The lowest BCUT2D eigenvalue weighted by atomic mass is 9.80. The summed E-state index contributed by atoms with van der Waals surface area (Å²) in [6, 6.07) is 3.44. The molecule has 4 N–H and O–H groups in total. The molecule has 0 radical (unpaired) electrons. The summed E-state index contributed by atoms with van der Waals surface area (Å²) in [4.78, 5) is 0.312. The van der Waals surface area contributed by atoms with E-state index in [0.717, 1.165) is 19.3 Å². The van der Waals surface area contributed by atoms with Crippen molar-refractivity contribution in [2.75, 3.05) is 19.1 Å². The minimum Gasteiger partial charge on any atom is -0.377 e. The molecule has 0 aromatic heterocycles. The van der Waals surface area contributed by atoms with Gasteiger partial charge in [-0.3, -0.25) is 5.84 Å². The van der Waals surface area contributed by atoms with Gasteiger partial charge in [-0.1, -0.05) is 0 Å². The first-order valence-electron chi connectivity index (χ1n) is 6.96. The van der Waals surface area contributed by atoms with Gasteiger partial charge in [0, 0.05) is 19.3 Å². The van der Waals surface area contributed by atoms with Crippen LogP contribution in [-0.4, -0.2) is 27.7 Å². The Morgan fingerprint density at radius 1 is 1.29 bits per heavy atom. The van der Waals surface area contributed by atoms with E-state index in [1.54, 1.807) is 33.1 Å². The molecule has 1 fully saturated rings. The summed E-state index contributed by atoms with van der Waals surface area (Å²) < 4.78 is 33.2. The first-order chi connectivity index (χ1) is 9.83. The Morgan fingerprint density at radius 3 is 2.24 bits per heavy atom. The number of anilines is 1. The van der Waals surface area contributed by atoms with Gasteiger partial charge in [0.2, 0.25) is 10.0 Å². The Bertz CT molecular complexity index is 596. The summed E-state index contributed by atoms with van der Waals surface area (Å²) in [5.74, 6) is 5.37. The maximum atomic E-state index is 12.6. The minimum absolute atomic E-state index is 0.307. The van der Waals surface area contributed by atoms with E-state index in [4.69, 9.17) is 10.6 Å². The molecule has 0 amide bonds. The topological polar surface area (TPSA) is 93.4 Å². The van der Waals surface area contributed by atoms with Crippen LogP contribution in [0.2, 0.25) is 0 Å². The number of hydrazine groups is 1. The van der Waals surface area contributed by atoms with Crippen LogP contribution in [0.3, 0.4) is 0 Å². The molecule has 1 aromatic carbocycles. The number of ether oxygens (including phenoxy) is 1. The molecule has 1 aliphatic carbocycles. The van der Waals surface area contributed by atoms with Crippen molar-refractivity contribution in [3.05, 3.63) is 23.3 Å². The second kappa shape index (κ2) is 5.92. The Balaban J connectivity index is 2.24. The lowest BCUT2D eigenvalue weighted by Gasteiger charge is -2.40. The first kappa shape index (κ1) is 16.2. The highest BCUT2D eigenvalue weighted by Gasteiger charge is 2.38. The summed E-state index contributed by atoms with van der Waals surface area (Å²) >= 11 is 0. The maximum absolute atomic E-state index is 12.6. The van der Waals surface area contributed by atoms with Crippen LogP contribution >= 0.6 is 0 Å². The molecule has 6 nitrogen and oxygen atoms in total. The zero-order valence-electron chi connectivity index (χ0n) is 12.7. The summed E-state index contributed by atoms with van der Waals surface area (Å²) in [6.07, 6.45) is 2.85. The highest BCUT2D eigenvalue weighted by atomic mass is 32.2. The Kier molecular flexibility index (Phi) is 4.57. The molecule has 7 heteroatoms. The smallest absolute Gasteiger partial charge is 0.241 e. The van der Waals surface area contributed by atoms with Crippen LogP contribution in [0.1, 0.15) is 30.4 Å². The molecular formula is C14H23N3O3S. The van der Waals surface area contributed by atoms with Crippen molar-refractivity contribution in [1.29, 1.82) is 0 Å². The normalized spacial score (nSPS) is 17.3. The van der Waals surface area contributed by atoms with Crippen molar-refractivity contribution >= 4 is 15.7 Å². The van der Waals surface area contributed by atoms with Gasteiger partial charge in [0.05, 0.1) is 10.5 Å². The molecule has 118 valence electrons. The van der Waals surface area contributed by atoms with Crippen LogP contribution in [0.25, 0.3) is 0 Å². The second-order valence-electron chi connectivity index (χ2n) is 5.65. The molecular weight excluding hydrogens is 290 g/mol. The molecule has 0 unspecified atom stereocenters. The summed E-state index contributed by atoms with van der Waals surface area (Å²) in [5, 5.41) is 0. The monoisotopic (exact) mass is 313 g/mol. The fourth-order valence-corrected chi connectivity index (χ4v) is 4.34. The van der Waals surface area contributed by atoms with E-state index < -0.39 is 10.0 Å². The van der Waals surface area contributed by atoms with E-state index in [1.807, 2.05) is 0 Å². The Hall–Kier alpha value is -1.15. The maximum Gasteiger partial charge on any atom is 0.241 e. The van der Waals surface area contributed by atoms with E-state index in [9.17, 15) is 8.42 Å². The molecule has 0 aliphatic heterocycles. The number of sulfonamides is 1. The van der Waals surface area contributed by atoms with Crippen LogP contribution in [0, 0.1) is 13.8 Å². The molecule has 0 bridgehead atoms. The van der Waals surface area contributed by atoms with Crippen molar-refractivity contribution in [1.82, 2.24) is 4.72 Å². The van der Waals surface area contributed by atoms with Gasteiger partial charge in [0.15, 0.2) is 0 Å². The quantitative estimate of drug-likeness (QED) is 0.546. The summed E-state index contributed by atoms with van der Waals surface area (Å²) in [5.41, 5.74) is 4.21. The highest BCUT2D eigenvalue weighted by molar-refractivity contribution is 7.89. The Labute approximate surface area is 126 Å². The van der Waals surface area contributed by atoms with E-state index in [2.05, 4.69) is 10.1 Å². The SMILES string of the molecule is COC1(CNS(=O)(=O)c2c(C)cc(NN)cc2C)CCC1. The van der Waals surface area contributed by atoms with Crippen molar-refractivity contribution in [3.8, 4) is 0 Å². The summed E-state index contributed by atoms with van der Waals surface area (Å²) in [7, 11) is -1.93. The number of nitrogens with one attached hydrogen (secondary N) is 2.